The number of hydrogen-bond donors (Lipinski definition) is 3. The Labute approximate surface area is 619 Å². The summed E-state index contributed by atoms with van der Waals surface area (Å²) in [6, 6.07) is 0. The summed E-state index contributed by atoms with van der Waals surface area (Å²) in [7, 11) is -9.92. The number of hydrogen-bond acceptors (Lipinski definition) is 15. The van der Waals surface area contributed by atoms with Crippen LogP contribution in [0.2, 0.25) is 0 Å². The van der Waals surface area contributed by atoms with Gasteiger partial charge in [-0.1, -0.05) is 382 Å². The Morgan fingerprint density at radius 1 is 0.287 bits per heavy atom. The van der Waals surface area contributed by atoms with Crippen LogP contribution in [0.3, 0.4) is 0 Å². The molecule has 101 heavy (non-hydrogen) atoms. The first-order valence-corrected chi connectivity index (χ1v) is 45.5. The van der Waals surface area contributed by atoms with E-state index < -0.39 is 97.5 Å². The monoisotopic (exact) mass is 1480 g/mol. The van der Waals surface area contributed by atoms with E-state index in [-0.39, 0.29) is 25.7 Å². The van der Waals surface area contributed by atoms with Crippen LogP contribution in [0.4, 0.5) is 0 Å². The number of carbonyl (C=O) groups excluding carboxylic acids is 4. The average Bonchev–Trinajstić information content (AvgIpc) is 1.07. The first-order valence-electron chi connectivity index (χ1n) is 42.5. The Bertz CT molecular complexity index is 1940. The third-order valence-electron chi connectivity index (χ3n) is 19.6. The number of unbranched alkanes of at least 4 members (excludes halogenated alkanes) is 50. The van der Waals surface area contributed by atoms with E-state index in [0.29, 0.717) is 25.7 Å². The molecule has 0 aromatic carbocycles. The highest BCUT2D eigenvalue weighted by Gasteiger charge is 2.30. The van der Waals surface area contributed by atoms with Gasteiger partial charge in [-0.2, -0.15) is 0 Å². The maximum Gasteiger partial charge on any atom is 0.472 e. The van der Waals surface area contributed by atoms with Crippen LogP contribution in [0.25, 0.3) is 0 Å². The molecular formula is C82H160O17P2. The molecule has 0 aliphatic carbocycles. The van der Waals surface area contributed by atoms with Crippen LogP contribution in [0.15, 0.2) is 0 Å². The second kappa shape index (κ2) is 73.6. The molecule has 0 amide bonds. The van der Waals surface area contributed by atoms with Gasteiger partial charge in [-0.15, -0.1) is 0 Å². The summed E-state index contributed by atoms with van der Waals surface area (Å²) in [5.74, 6) is -0.544. The summed E-state index contributed by atoms with van der Waals surface area (Å²) in [5.41, 5.74) is 0. The zero-order chi connectivity index (χ0) is 74.2. The van der Waals surface area contributed by atoms with Gasteiger partial charge in [0.2, 0.25) is 0 Å². The van der Waals surface area contributed by atoms with Crippen molar-refractivity contribution in [2.24, 2.45) is 11.8 Å². The van der Waals surface area contributed by atoms with Gasteiger partial charge in [0.05, 0.1) is 26.4 Å². The molecule has 0 bridgehead atoms. The molecule has 0 saturated carbocycles. The largest absolute Gasteiger partial charge is 0.472 e. The summed E-state index contributed by atoms with van der Waals surface area (Å²) >= 11 is 0. The van der Waals surface area contributed by atoms with Gasteiger partial charge >= 0.3 is 39.5 Å². The lowest BCUT2D eigenvalue weighted by Gasteiger charge is -2.21. The van der Waals surface area contributed by atoms with Gasteiger partial charge in [-0.25, -0.2) is 9.13 Å². The Kier molecular flexibility index (Phi) is 72.2. The molecule has 0 aromatic heterocycles. The molecule has 0 fully saturated rings. The molecule has 0 saturated heterocycles. The quantitative estimate of drug-likeness (QED) is 0.0222. The fourth-order valence-electron chi connectivity index (χ4n) is 12.7. The highest BCUT2D eigenvalue weighted by Crippen LogP contribution is 2.45. The van der Waals surface area contributed by atoms with E-state index in [4.69, 9.17) is 37.0 Å². The summed E-state index contributed by atoms with van der Waals surface area (Å²) in [6.45, 7) is 9.67. The number of phosphoric ester groups is 2. The van der Waals surface area contributed by atoms with Crippen molar-refractivity contribution in [3.05, 3.63) is 0 Å². The van der Waals surface area contributed by atoms with Crippen LogP contribution < -0.4 is 0 Å². The van der Waals surface area contributed by atoms with Gasteiger partial charge in [0.1, 0.15) is 19.3 Å². The maximum atomic E-state index is 13.1. The second-order valence-corrected chi connectivity index (χ2v) is 33.1. The Hall–Kier alpha value is -1.94. The third kappa shape index (κ3) is 74.7. The molecule has 0 aliphatic heterocycles. The van der Waals surface area contributed by atoms with Crippen molar-refractivity contribution in [2.75, 3.05) is 39.6 Å². The van der Waals surface area contributed by atoms with Crippen LogP contribution >= 0.6 is 15.6 Å². The first-order chi connectivity index (χ1) is 48.9. The van der Waals surface area contributed by atoms with Crippen molar-refractivity contribution in [2.45, 2.75) is 452 Å². The molecule has 6 atom stereocenters. The fourth-order valence-corrected chi connectivity index (χ4v) is 14.3. The molecule has 19 heteroatoms. The normalized spacial score (nSPS) is 14.2. The lowest BCUT2D eigenvalue weighted by atomic mass is 9.99. The number of carbonyl (C=O) groups is 4. The number of aliphatic hydroxyl groups excluding tert-OH is 1. The molecule has 0 radical (unpaired) electrons. The predicted molar refractivity (Wildman–Crippen MR) is 414 cm³/mol. The molecule has 0 spiro atoms. The van der Waals surface area contributed by atoms with Crippen molar-refractivity contribution in [1.29, 1.82) is 0 Å². The van der Waals surface area contributed by atoms with E-state index in [0.717, 1.165) is 102 Å². The minimum Gasteiger partial charge on any atom is -0.462 e. The number of rotatable bonds is 81. The van der Waals surface area contributed by atoms with Crippen molar-refractivity contribution in [3.63, 3.8) is 0 Å². The molecular weight excluding hydrogens is 1320 g/mol. The van der Waals surface area contributed by atoms with Gasteiger partial charge in [-0.05, 0) is 37.5 Å². The highest BCUT2D eigenvalue weighted by molar-refractivity contribution is 7.47. The van der Waals surface area contributed by atoms with E-state index in [1.54, 1.807) is 0 Å². The smallest absolute Gasteiger partial charge is 0.462 e. The number of esters is 4. The molecule has 0 rings (SSSR count). The van der Waals surface area contributed by atoms with Gasteiger partial charge in [0.25, 0.3) is 0 Å². The predicted octanol–water partition coefficient (Wildman–Crippen LogP) is 24.7. The van der Waals surface area contributed by atoms with E-state index in [1.165, 1.54) is 250 Å². The van der Waals surface area contributed by atoms with Crippen molar-refractivity contribution in [3.8, 4) is 0 Å². The standard InChI is InChI=1S/C82H160O17P2/c1-7-10-12-14-16-18-20-22-24-26-28-30-32-40-46-52-58-64-79(84)92-70-77(98-81(86)66-60-54-48-42-33-31-29-27-25-23-21-19-17-15-13-11-8-2)72-96-100(88,89)94-68-76(83)69-95-101(90,91)97-73-78(71-93-80(85)65-59-53-47-41-36-34-38-44-50-56-62-74(4)5)99-82(87)67-61-55-49-43-37-35-39-45-51-57-63-75(6)9-3/h74-78,83H,7-73H2,1-6H3,(H,88,89)(H,90,91)/t75?,76-,77-,78-/m1/s1. The molecule has 0 aliphatic rings. The molecule has 0 heterocycles. The Morgan fingerprint density at radius 3 is 0.752 bits per heavy atom. The summed E-state index contributed by atoms with van der Waals surface area (Å²) < 4.78 is 68.8. The van der Waals surface area contributed by atoms with Crippen LogP contribution in [-0.4, -0.2) is 96.7 Å². The van der Waals surface area contributed by atoms with Crippen LogP contribution in [0, 0.1) is 11.8 Å². The molecule has 3 N–H and O–H groups in total. The lowest BCUT2D eigenvalue weighted by Crippen LogP contribution is -2.30. The zero-order valence-corrected chi connectivity index (χ0v) is 68.0. The lowest BCUT2D eigenvalue weighted by molar-refractivity contribution is -0.161. The van der Waals surface area contributed by atoms with E-state index in [2.05, 4.69) is 41.5 Å². The van der Waals surface area contributed by atoms with Crippen molar-refractivity contribution in [1.82, 2.24) is 0 Å². The second-order valence-electron chi connectivity index (χ2n) is 30.2. The van der Waals surface area contributed by atoms with Crippen LogP contribution in [-0.2, 0) is 65.4 Å². The summed E-state index contributed by atoms with van der Waals surface area (Å²) in [5, 5.41) is 10.7. The summed E-state index contributed by atoms with van der Waals surface area (Å²) in [6.07, 6.45) is 63.7. The topological polar surface area (TPSA) is 237 Å². The van der Waals surface area contributed by atoms with Gasteiger partial charge < -0.3 is 33.8 Å². The first kappa shape index (κ1) is 99.1. The Morgan fingerprint density at radius 2 is 0.505 bits per heavy atom. The van der Waals surface area contributed by atoms with E-state index in [9.17, 15) is 43.2 Å². The Balaban J connectivity index is 5.27. The number of phosphoric acid groups is 2. The number of ether oxygens (including phenoxy) is 4. The fraction of sp³-hybridized carbons (Fsp3) is 0.951. The average molecular weight is 1480 g/mol. The van der Waals surface area contributed by atoms with E-state index in [1.807, 2.05) is 0 Å². The van der Waals surface area contributed by atoms with Gasteiger partial charge in [0, 0.05) is 25.7 Å². The van der Waals surface area contributed by atoms with Crippen molar-refractivity contribution >= 4 is 39.5 Å². The van der Waals surface area contributed by atoms with Gasteiger partial charge in [-0.3, -0.25) is 37.3 Å². The highest BCUT2D eigenvalue weighted by atomic mass is 31.2. The molecule has 17 nitrogen and oxygen atoms in total. The molecule has 600 valence electrons. The third-order valence-corrected chi connectivity index (χ3v) is 21.5. The molecule has 3 unspecified atom stereocenters. The SMILES string of the molecule is CCCCCCCCCCCCCCCCCCCC(=O)OC[C@H](COP(=O)(O)OC[C@@H](O)COP(=O)(O)OC[C@@H](COC(=O)CCCCCCCCCCCCC(C)C)OC(=O)CCCCCCCCCCCCC(C)CC)OC(=O)CCCCCCCCCCCCCCCCCCC. The van der Waals surface area contributed by atoms with Crippen LogP contribution in [0.1, 0.15) is 433 Å². The minimum atomic E-state index is -4.96. The van der Waals surface area contributed by atoms with Gasteiger partial charge in [0.15, 0.2) is 12.2 Å². The van der Waals surface area contributed by atoms with Crippen LogP contribution in [0.5, 0.6) is 0 Å². The number of aliphatic hydroxyl groups is 1. The maximum absolute atomic E-state index is 13.1. The minimum absolute atomic E-state index is 0.106. The zero-order valence-electron chi connectivity index (χ0n) is 66.2. The summed E-state index contributed by atoms with van der Waals surface area (Å²) in [4.78, 5) is 73.1. The van der Waals surface area contributed by atoms with Crippen molar-refractivity contribution < 1.29 is 80.2 Å². The molecule has 0 aromatic rings. The van der Waals surface area contributed by atoms with E-state index >= 15 is 0 Å².